The molecule has 17 heteroatoms. The van der Waals surface area contributed by atoms with E-state index in [0.717, 1.165) is 5.56 Å². The summed E-state index contributed by atoms with van der Waals surface area (Å²) >= 11 is 0. The van der Waals surface area contributed by atoms with Crippen LogP contribution in [-0.2, 0) is 44.4 Å². The number of phenols is 2. The number of rotatable bonds is 15. The highest BCUT2D eigenvalue weighted by Gasteiger charge is 2.49. The van der Waals surface area contributed by atoms with Crippen LogP contribution < -0.4 is 9.47 Å². The van der Waals surface area contributed by atoms with Crippen LogP contribution in [0.2, 0.25) is 0 Å². The fourth-order valence-electron chi connectivity index (χ4n) is 6.19. The SMILES string of the molecule is COc1cc(/C=C/C(=O)OC[C@@H]2C[C@H](O[C@@H]3O[C@H](CO)[C@@H](O)[C@H](O)[C@H]3O[C@@H]3OC[C@@H](O)C[C@H]3O)C[C@H](OCCc3ccc(O)c(OC)c3)O2)ccc1O. The molecule has 2 aromatic rings. The van der Waals surface area contributed by atoms with Crippen molar-refractivity contribution in [2.45, 2.75) is 93.4 Å². The predicted octanol–water partition coefficient (Wildman–Crippen LogP) is 0.113. The molecule has 0 bridgehead atoms. The third-order valence-corrected chi connectivity index (χ3v) is 9.01. The number of hydrogen-bond acceptors (Lipinski definition) is 17. The van der Waals surface area contributed by atoms with Gasteiger partial charge in [-0.2, -0.15) is 0 Å². The van der Waals surface area contributed by atoms with Gasteiger partial charge in [-0.15, -0.1) is 0 Å². The van der Waals surface area contributed by atoms with Crippen LogP contribution in [0.4, 0.5) is 0 Å². The van der Waals surface area contributed by atoms with E-state index in [1.165, 1.54) is 38.5 Å². The molecule has 3 fully saturated rings. The summed E-state index contributed by atoms with van der Waals surface area (Å²) in [6, 6.07) is 9.50. The van der Waals surface area contributed by atoms with Crippen LogP contribution in [-0.4, -0.2) is 150 Å². The van der Waals surface area contributed by atoms with Crippen molar-refractivity contribution in [3.8, 4) is 23.0 Å². The molecule has 2 aromatic carbocycles. The number of methoxy groups -OCH3 is 2. The zero-order valence-corrected chi connectivity index (χ0v) is 29.3. The number of carbonyl (C=O) groups is 1. The quantitative estimate of drug-likeness (QED) is 0.0944. The Morgan fingerprint density at radius 1 is 0.887 bits per heavy atom. The van der Waals surface area contributed by atoms with Gasteiger partial charge in [0.15, 0.2) is 41.9 Å². The lowest BCUT2D eigenvalue weighted by molar-refractivity contribution is -0.362. The first kappa shape index (κ1) is 40.6. The monoisotopic (exact) mass is 752 g/mol. The lowest BCUT2D eigenvalue weighted by Crippen LogP contribution is -2.62. The molecule has 17 nitrogen and oxygen atoms in total. The second-order valence-electron chi connectivity index (χ2n) is 12.9. The number of hydrogen-bond donors (Lipinski definition) is 7. The summed E-state index contributed by atoms with van der Waals surface area (Å²) in [6.07, 6.45) is -9.58. The first-order chi connectivity index (χ1) is 25.5. The van der Waals surface area contributed by atoms with Crippen molar-refractivity contribution in [3.05, 3.63) is 53.6 Å². The van der Waals surface area contributed by atoms with E-state index < -0.39 is 80.3 Å². The Hall–Kier alpha value is -3.59. The van der Waals surface area contributed by atoms with Gasteiger partial charge in [0.2, 0.25) is 0 Å². The van der Waals surface area contributed by atoms with Crippen LogP contribution in [0.1, 0.15) is 30.4 Å². The first-order valence-corrected chi connectivity index (χ1v) is 17.2. The molecular weight excluding hydrogens is 704 g/mol. The Morgan fingerprint density at radius 3 is 2.34 bits per heavy atom. The second-order valence-corrected chi connectivity index (χ2v) is 12.9. The first-order valence-electron chi connectivity index (χ1n) is 17.2. The lowest BCUT2D eigenvalue weighted by Gasteiger charge is -2.45. The molecule has 0 spiro atoms. The number of phenolic OH excluding ortho intramolecular Hbond substituents is 2. The molecule has 3 aliphatic heterocycles. The van der Waals surface area contributed by atoms with Crippen molar-refractivity contribution in [1.29, 1.82) is 0 Å². The van der Waals surface area contributed by atoms with Crippen molar-refractivity contribution in [1.82, 2.24) is 0 Å². The smallest absolute Gasteiger partial charge is 0.330 e. The average molecular weight is 753 g/mol. The van der Waals surface area contributed by atoms with Crippen molar-refractivity contribution >= 4 is 12.0 Å². The Morgan fingerprint density at radius 2 is 1.62 bits per heavy atom. The van der Waals surface area contributed by atoms with Crippen molar-refractivity contribution < 1.29 is 83.2 Å². The summed E-state index contributed by atoms with van der Waals surface area (Å²) in [7, 11) is 2.85. The maximum Gasteiger partial charge on any atom is 0.330 e. The number of aromatic hydroxyl groups is 2. The highest BCUT2D eigenvalue weighted by atomic mass is 16.8. The molecule has 0 saturated carbocycles. The molecule has 0 aliphatic carbocycles. The number of ether oxygens (including phenoxy) is 9. The largest absolute Gasteiger partial charge is 0.504 e. The topological polar surface area (TPSA) is 242 Å². The van der Waals surface area contributed by atoms with Gasteiger partial charge < -0.3 is 78.4 Å². The molecule has 3 aliphatic rings. The van der Waals surface area contributed by atoms with E-state index in [1.807, 2.05) is 0 Å². The third-order valence-electron chi connectivity index (χ3n) is 9.01. The fourth-order valence-corrected chi connectivity index (χ4v) is 6.19. The molecule has 11 atom stereocenters. The van der Waals surface area contributed by atoms with E-state index in [4.69, 9.17) is 42.6 Å². The lowest BCUT2D eigenvalue weighted by atomic mass is 9.98. The molecule has 3 saturated heterocycles. The highest BCUT2D eigenvalue weighted by Crippen LogP contribution is 2.33. The molecule has 0 aromatic heterocycles. The van der Waals surface area contributed by atoms with Crippen LogP contribution in [0.3, 0.4) is 0 Å². The van der Waals surface area contributed by atoms with Crippen molar-refractivity contribution in [3.63, 3.8) is 0 Å². The summed E-state index contributed by atoms with van der Waals surface area (Å²) < 4.78 is 51.4. The number of aliphatic hydroxyl groups excluding tert-OH is 5. The summed E-state index contributed by atoms with van der Waals surface area (Å²) in [4.78, 5) is 12.7. The predicted molar refractivity (Wildman–Crippen MR) is 181 cm³/mol. The van der Waals surface area contributed by atoms with Gasteiger partial charge in [-0.1, -0.05) is 12.1 Å². The molecule has 53 heavy (non-hydrogen) atoms. The number of esters is 1. The Kier molecular flexibility index (Phi) is 14.7. The van der Waals surface area contributed by atoms with Crippen LogP contribution >= 0.6 is 0 Å². The standard InChI is InChI=1S/C36H48O17/c1-45-27-11-19(3-6-24(27)39)5-8-30(42)48-18-23-14-22(15-31(50-23)47-10-9-20-4-7-25(40)28(12-20)46-2)51-36-34(33(44)32(43)29(16-37)52-36)53-35-26(41)13-21(38)17-49-35/h3-8,11-12,21-23,26,29,31-41,43-44H,9-10,13-18H2,1-2H3/b8-5+/t21-,22-,23-,26+,29+,31+,32+,33-,34+,35-,36+/m0/s1. The average Bonchev–Trinajstić information content (AvgIpc) is 3.14. The summed E-state index contributed by atoms with van der Waals surface area (Å²) in [5.74, 6) is -0.179. The number of benzene rings is 2. The van der Waals surface area contributed by atoms with Gasteiger partial charge >= 0.3 is 5.97 Å². The van der Waals surface area contributed by atoms with Gasteiger partial charge in [0, 0.05) is 25.3 Å². The minimum absolute atomic E-state index is 0.00163. The molecule has 294 valence electrons. The minimum Gasteiger partial charge on any atom is -0.504 e. The van der Waals surface area contributed by atoms with E-state index in [0.29, 0.717) is 17.7 Å². The molecule has 0 unspecified atom stereocenters. The zero-order valence-electron chi connectivity index (χ0n) is 29.3. The number of aliphatic hydroxyl groups is 5. The fraction of sp³-hybridized carbons (Fsp3) is 0.583. The van der Waals surface area contributed by atoms with Crippen molar-refractivity contribution in [2.24, 2.45) is 0 Å². The zero-order chi connectivity index (χ0) is 38.1. The Balaban J connectivity index is 1.27. The highest BCUT2D eigenvalue weighted by molar-refractivity contribution is 5.87. The molecule has 7 N–H and O–H groups in total. The molecule has 0 radical (unpaired) electrons. The third kappa shape index (κ3) is 11.0. The normalized spacial score (nSPS) is 32.0. The van der Waals surface area contributed by atoms with Gasteiger partial charge in [0.1, 0.15) is 37.1 Å². The van der Waals surface area contributed by atoms with Gasteiger partial charge in [-0.25, -0.2) is 4.79 Å². The maximum absolute atomic E-state index is 12.7. The van der Waals surface area contributed by atoms with Gasteiger partial charge in [-0.05, 0) is 47.9 Å². The van der Waals surface area contributed by atoms with Crippen LogP contribution in [0, 0.1) is 0 Å². The number of carbonyl (C=O) groups excluding carboxylic acids is 1. The Bertz CT molecular complexity index is 1500. The van der Waals surface area contributed by atoms with Crippen LogP contribution in [0.15, 0.2) is 42.5 Å². The van der Waals surface area contributed by atoms with E-state index in [2.05, 4.69) is 0 Å². The van der Waals surface area contributed by atoms with Gasteiger partial charge in [0.05, 0.1) is 52.4 Å². The minimum atomic E-state index is -1.63. The molecule has 0 amide bonds. The summed E-state index contributed by atoms with van der Waals surface area (Å²) in [6.45, 7) is -0.798. The van der Waals surface area contributed by atoms with E-state index in [1.54, 1.807) is 24.3 Å². The second kappa shape index (κ2) is 19.1. The van der Waals surface area contributed by atoms with E-state index in [9.17, 15) is 40.5 Å². The van der Waals surface area contributed by atoms with E-state index in [-0.39, 0.29) is 56.3 Å². The van der Waals surface area contributed by atoms with E-state index >= 15 is 0 Å². The summed E-state index contributed by atoms with van der Waals surface area (Å²) in [5.41, 5.74) is 1.41. The molecule has 5 rings (SSSR count). The summed E-state index contributed by atoms with van der Waals surface area (Å²) in [5, 5.41) is 71.6. The van der Waals surface area contributed by atoms with Gasteiger partial charge in [-0.3, -0.25) is 0 Å². The molecular formula is C36H48O17. The van der Waals surface area contributed by atoms with Crippen molar-refractivity contribution in [2.75, 3.05) is 40.6 Å². The van der Waals surface area contributed by atoms with Crippen LogP contribution in [0.5, 0.6) is 23.0 Å². The van der Waals surface area contributed by atoms with Gasteiger partial charge in [0.25, 0.3) is 0 Å². The molecule has 3 heterocycles. The maximum atomic E-state index is 12.7. The Labute approximate surface area is 305 Å². The van der Waals surface area contributed by atoms with Crippen LogP contribution in [0.25, 0.3) is 6.08 Å².